The van der Waals surface area contributed by atoms with Crippen molar-refractivity contribution in [1.82, 2.24) is 10.2 Å². The number of amides is 1. The van der Waals surface area contributed by atoms with Gasteiger partial charge in [-0.3, -0.25) is 4.79 Å². The Labute approximate surface area is 226 Å². The van der Waals surface area contributed by atoms with Crippen molar-refractivity contribution in [3.05, 3.63) is 71.8 Å². The maximum Gasteiger partial charge on any atom is 0.254 e. The van der Waals surface area contributed by atoms with Gasteiger partial charge in [0.25, 0.3) is 5.91 Å². The lowest BCUT2D eigenvalue weighted by atomic mass is 10.0. The predicted octanol–water partition coefficient (Wildman–Crippen LogP) is 4.92. The molecule has 3 aromatic carbocycles. The van der Waals surface area contributed by atoms with E-state index >= 15 is 0 Å². The standard InChI is InChI=1S/C31H40N2O5/c1-22(2)33(31(34)24-13-14-28(36-4)29(17-24)37-16-8-15-35-3)20-26-18-32-19-30(26)38-21-25-11-7-10-23-9-5-6-12-27(23)25/h5-7,9-14,17,22,26,30,32H,8,15-16,18-21H2,1-4H3. The third-order valence-corrected chi connectivity index (χ3v) is 7.09. The number of fused-ring (bicyclic) bond motifs is 1. The highest BCUT2D eigenvalue weighted by Gasteiger charge is 2.32. The average molecular weight is 521 g/mol. The molecule has 0 radical (unpaired) electrons. The number of ether oxygens (including phenoxy) is 4. The number of nitrogens with one attached hydrogen (secondary N) is 1. The van der Waals surface area contributed by atoms with Crippen molar-refractivity contribution < 1.29 is 23.7 Å². The van der Waals surface area contributed by atoms with Crippen LogP contribution in [0.5, 0.6) is 11.5 Å². The summed E-state index contributed by atoms with van der Waals surface area (Å²) in [6.45, 7) is 7.95. The van der Waals surface area contributed by atoms with Gasteiger partial charge in [0.05, 0.1) is 26.4 Å². The second kappa shape index (κ2) is 13.6. The molecule has 204 valence electrons. The molecular formula is C31H40N2O5. The van der Waals surface area contributed by atoms with Crippen molar-refractivity contribution in [2.24, 2.45) is 5.92 Å². The molecule has 1 aliphatic heterocycles. The summed E-state index contributed by atoms with van der Waals surface area (Å²) in [5, 5.41) is 5.90. The van der Waals surface area contributed by atoms with E-state index in [0.717, 1.165) is 19.5 Å². The van der Waals surface area contributed by atoms with Crippen LogP contribution in [0.2, 0.25) is 0 Å². The summed E-state index contributed by atoms with van der Waals surface area (Å²) < 4.78 is 22.9. The van der Waals surface area contributed by atoms with Gasteiger partial charge in [-0.05, 0) is 48.4 Å². The van der Waals surface area contributed by atoms with Crippen LogP contribution in [0.3, 0.4) is 0 Å². The minimum atomic E-state index is -0.0240. The molecular weight excluding hydrogens is 480 g/mol. The maximum atomic E-state index is 13.7. The van der Waals surface area contributed by atoms with Crippen LogP contribution in [0.1, 0.15) is 36.2 Å². The number of hydrogen-bond acceptors (Lipinski definition) is 6. The van der Waals surface area contributed by atoms with E-state index in [1.165, 1.54) is 16.3 Å². The maximum absolute atomic E-state index is 13.7. The van der Waals surface area contributed by atoms with Crippen molar-refractivity contribution in [2.45, 2.75) is 39.0 Å². The molecule has 0 bridgehead atoms. The van der Waals surface area contributed by atoms with Crippen LogP contribution in [0, 0.1) is 5.92 Å². The first-order valence-corrected chi connectivity index (χ1v) is 13.4. The smallest absolute Gasteiger partial charge is 0.254 e. The number of carbonyl (C=O) groups is 1. The Morgan fingerprint density at radius 2 is 1.82 bits per heavy atom. The van der Waals surface area contributed by atoms with E-state index < -0.39 is 0 Å². The van der Waals surface area contributed by atoms with Gasteiger partial charge in [0, 0.05) is 57.3 Å². The molecule has 38 heavy (non-hydrogen) atoms. The zero-order valence-electron chi connectivity index (χ0n) is 22.9. The lowest BCUT2D eigenvalue weighted by molar-refractivity contribution is 0.0134. The number of methoxy groups -OCH3 is 2. The van der Waals surface area contributed by atoms with Gasteiger partial charge in [-0.15, -0.1) is 0 Å². The summed E-state index contributed by atoms with van der Waals surface area (Å²) in [6.07, 6.45) is 0.781. The van der Waals surface area contributed by atoms with Crippen LogP contribution >= 0.6 is 0 Å². The van der Waals surface area contributed by atoms with Crippen LogP contribution in [0.25, 0.3) is 10.8 Å². The number of rotatable bonds is 13. The summed E-state index contributed by atoms with van der Waals surface area (Å²) in [4.78, 5) is 15.6. The molecule has 0 saturated carbocycles. The van der Waals surface area contributed by atoms with Crippen LogP contribution in [0.4, 0.5) is 0 Å². The van der Waals surface area contributed by atoms with Gasteiger partial charge in [0.2, 0.25) is 0 Å². The van der Waals surface area contributed by atoms with E-state index in [0.29, 0.717) is 43.4 Å². The molecule has 1 heterocycles. The van der Waals surface area contributed by atoms with Gasteiger partial charge in [0.1, 0.15) is 0 Å². The molecule has 1 aliphatic rings. The zero-order valence-corrected chi connectivity index (χ0v) is 22.9. The summed E-state index contributed by atoms with van der Waals surface area (Å²) in [5.41, 5.74) is 1.77. The highest BCUT2D eigenvalue weighted by molar-refractivity contribution is 5.95. The van der Waals surface area contributed by atoms with Crippen molar-refractivity contribution in [1.29, 1.82) is 0 Å². The van der Waals surface area contributed by atoms with E-state index in [9.17, 15) is 4.79 Å². The molecule has 1 fully saturated rings. The zero-order chi connectivity index (χ0) is 26.9. The Hall–Kier alpha value is -3.13. The van der Waals surface area contributed by atoms with E-state index in [4.69, 9.17) is 18.9 Å². The van der Waals surface area contributed by atoms with Crippen molar-refractivity contribution in [3.63, 3.8) is 0 Å². The molecule has 7 heteroatoms. The molecule has 0 aliphatic carbocycles. The lowest BCUT2D eigenvalue weighted by Gasteiger charge is -2.31. The van der Waals surface area contributed by atoms with Gasteiger partial charge in [-0.25, -0.2) is 0 Å². The number of carbonyl (C=O) groups excluding carboxylic acids is 1. The van der Waals surface area contributed by atoms with E-state index in [2.05, 4.69) is 61.6 Å². The highest BCUT2D eigenvalue weighted by atomic mass is 16.5. The molecule has 4 rings (SSSR count). The largest absolute Gasteiger partial charge is 0.493 e. The van der Waals surface area contributed by atoms with Gasteiger partial charge in [0.15, 0.2) is 11.5 Å². The number of benzene rings is 3. The molecule has 1 amide bonds. The molecule has 0 aromatic heterocycles. The van der Waals surface area contributed by atoms with Crippen LogP contribution in [-0.4, -0.2) is 70.0 Å². The summed E-state index contributed by atoms with van der Waals surface area (Å²) in [7, 11) is 3.27. The Morgan fingerprint density at radius 1 is 1.00 bits per heavy atom. The summed E-state index contributed by atoms with van der Waals surface area (Å²) >= 11 is 0. The third kappa shape index (κ3) is 6.84. The second-order valence-electron chi connectivity index (χ2n) is 10.0. The van der Waals surface area contributed by atoms with Gasteiger partial charge < -0.3 is 29.2 Å². The topological polar surface area (TPSA) is 69.3 Å². The Balaban J connectivity index is 1.43. The normalized spacial score (nSPS) is 17.2. The minimum absolute atomic E-state index is 0.0240. The fourth-order valence-corrected chi connectivity index (χ4v) is 4.96. The monoisotopic (exact) mass is 520 g/mol. The van der Waals surface area contributed by atoms with Crippen molar-refractivity contribution in [2.75, 3.05) is 47.1 Å². The third-order valence-electron chi connectivity index (χ3n) is 7.09. The molecule has 1 N–H and O–H groups in total. The first-order chi connectivity index (χ1) is 18.5. The van der Waals surface area contributed by atoms with Gasteiger partial charge >= 0.3 is 0 Å². The fourth-order valence-electron chi connectivity index (χ4n) is 4.96. The molecule has 0 spiro atoms. The number of hydrogen-bond donors (Lipinski definition) is 1. The first-order valence-electron chi connectivity index (χ1n) is 13.4. The Kier molecular flexibility index (Phi) is 9.98. The Bertz CT molecular complexity index is 1190. The quantitative estimate of drug-likeness (QED) is 0.323. The SMILES string of the molecule is COCCCOc1cc(C(=O)N(CC2CNCC2OCc2cccc3ccccc23)C(C)C)ccc1OC. The lowest BCUT2D eigenvalue weighted by Crippen LogP contribution is -2.43. The predicted molar refractivity (Wildman–Crippen MR) is 150 cm³/mol. The highest BCUT2D eigenvalue weighted by Crippen LogP contribution is 2.30. The van der Waals surface area contributed by atoms with E-state index in [-0.39, 0.29) is 24.0 Å². The summed E-state index contributed by atoms with van der Waals surface area (Å²) in [6, 6.07) is 20.1. The van der Waals surface area contributed by atoms with Crippen LogP contribution < -0.4 is 14.8 Å². The summed E-state index contributed by atoms with van der Waals surface area (Å²) in [5.74, 6) is 1.34. The van der Waals surface area contributed by atoms with Crippen molar-refractivity contribution >= 4 is 16.7 Å². The molecule has 7 nitrogen and oxygen atoms in total. The number of nitrogens with zero attached hydrogens (tertiary/aromatic N) is 1. The van der Waals surface area contributed by atoms with E-state index in [1.807, 2.05) is 4.90 Å². The average Bonchev–Trinajstić information content (AvgIpc) is 3.39. The van der Waals surface area contributed by atoms with Crippen LogP contribution in [0.15, 0.2) is 60.7 Å². The van der Waals surface area contributed by atoms with Crippen LogP contribution in [-0.2, 0) is 16.1 Å². The van der Waals surface area contributed by atoms with E-state index in [1.54, 1.807) is 32.4 Å². The first kappa shape index (κ1) is 27.9. The second-order valence-corrected chi connectivity index (χ2v) is 10.0. The van der Waals surface area contributed by atoms with Gasteiger partial charge in [-0.1, -0.05) is 42.5 Å². The fraction of sp³-hybridized carbons (Fsp3) is 0.452. The van der Waals surface area contributed by atoms with Gasteiger partial charge in [-0.2, -0.15) is 0 Å². The molecule has 2 atom stereocenters. The minimum Gasteiger partial charge on any atom is -0.493 e. The Morgan fingerprint density at radius 3 is 2.61 bits per heavy atom. The van der Waals surface area contributed by atoms with Crippen molar-refractivity contribution in [3.8, 4) is 11.5 Å². The molecule has 3 aromatic rings. The molecule has 2 unspecified atom stereocenters. The molecule has 1 saturated heterocycles.